The van der Waals surface area contributed by atoms with Crippen molar-refractivity contribution in [2.24, 2.45) is 0 Å². The molecule has 2 aromatic rings. The van der Waals surface area contributed by atoms with Gasteiger partial charge in [0, 0.05) is 5.92 Å². The SMILES string of the molecule is CCCCCCCCCCCCCCCCC(c1ccc(O)c(C(=O)O)c1)c1ccc(O)c(C(=O)O)c1.N. The van der Waals surface area contributed by atoms with E-state index in [9.17, 15) is 30.0 Å². The van der Waals surface area contributed by atoms with Crippen LogP contribution in [0.1, 0.15) is 141 Å². The van der Waals surface area contributed by atoms with Crippen LogP contribution in [0.15, 0.2) is 36.4 Å². The summed E-state index contributed by atoms with van der Waals surface area (Å²) in [6.07, 6.45) is 18.3. The van der Waals surface area contributed by atoms with Crippen LogP contribution in [0, 0.1) is 0 Å². The van der Waals surface area contributed by atoms with Gasteiger partial charge >= 0.3 is 11.9 Å². The molecule has 0 heterocycles. The van der Waals surface area contributed by atoms with Crippen molar-refractivity contribution in [2.45, 2.75) is 109 Å². The number of benzene rings is 2. The number of aromatic carboxylic acids is 2. The van der Waals surface area contributed by atoms with Gasteiger partial charge < -0.3 is 26.6 Å². The van der Waals surface area contributed by atoms with Crippen LogP contribution in [0.3, 0.4) is 0 Å². The summed E-state index contributed by atoms with van der Waals surface area (Å²) in [5.41, 5.74) is 1.04. The Balaban J connectivity index is 0.00000722. The highest BCUT2D eigenvalue weighted by Gasteiger charge is 2.20. The summed E-state index contributed by atoms with van der Waals surface area (Å²) >= 11 is 0. The molecule has 7 nitrogen and oxygen atoms in total. The summed E-state index contributed by atoms with van der Waals surface area (Å²) in [6.45, 7) is 2.25. The van der Waals surface area contributed by atoms with Gasteiger partial charge in [0.1, 0.15) is 22.6 Å². The molecule has 0 aromatic heterocycles. The molecule has 0 amide bonds. The maximum atomic E-state index is 11.5. The molecule has 0 bridgehead atoms. The van der Waals surface area contributed by atoms with Gasteiger partial charge in [-0.15, -0.1) is 0 Å². The van der Waals surface area contributed by atoms with Crippen LogP contribution in [-0.4, -0.2) is 32.4 Å². The van der Waals surface area contributed by atoms with Gasteiger partial charge in [-0.25, -0.2) is 9.59 Å². The molecule has 0 aliphatic rings. The van der Waals surface area contributed by atoms with E-state index in [0.717, 1.165) is 19.3 Å². The van der Waals surface area contributed by atoms with Crippen molar-refractivity contribution in [3.05, 3.63) is 58.7 Å². The number of phenols is 2. The predicted octanol–water partition coefficient (Wildman–Crippen LogP) is 8.66. The number of rotatable bonds is 19. The Hall–Kier alpha value is -3.06. The number of carboxylic acids is 2. The van der Waals surface area contributed by atoms with Gasteiger partial charge in [0.25, 0.3) is 0 Å². The lowest BCUT2D eigenvalue weighted by Gasteiger charge is -2.20. The minimum Gasteiger partial charge on any atom is -0.507 e. The van der Waals surface area contributed by atoms with Crippen LogP contribution in [-0.2, 0) is 0 Å². The average molecular weight is 530 g/mol. The molecule has 212 valence electrons. The summed E-state index contributed by atoms with van der Waals surface area (Å²) < 4.78 is 0. The van der Waals surface area contributed by atoms with Crippen LogP contribution >= 0.6 is 0 Å². The Kier molecular flexibility index (Phi) is 15.8. The number of carbonyl (C=O) groups is 2. The zero-order valence-electron chi connectivity index (χ0n) is 23.0. The van der Waals surface area contributed by atoms with E-state index in [1.165, 1.54) is 94.9 Å². The molecule has 38 heavy (non-hydrogen) atoms. The van der Waals surface area contributed by atoms with E-state index in [2.05, 4.69) is 6.92 Å². The van der Waals surface area contributed by atoms with Gasteiger partial charge in [0.05, 0.1) is 0 Å². The average Bonchev–Trinajstić information content (AvgIpc) is 2.87. The molecule has 0 fully saturated rings. The fourth-order valence-electron chi connectivity index (χ4n) is 4.95. The highest BCUT2D eigenvalue weighted by Crippen LogP contribution is 2.35. The smallest absolute Gasteiger partial charge is 0.339 e. The summed E-state index contributed by atoms with van der Waals surface area (Å²) in [4.78, 5) is 23.1. The molecule has 2 aromatic carbocycles. The van der Waals surface area contributed by atoms with Crippen LogP contribution in [0.2, 0.25) is 0 Å². The van der Waals surface area contributed by atoms with Crippen molar-refractivity contribution < 1.29 is 30.0 Å². The molecule has 0 spiro atoms. The summed E-state index contributed by atoms with van der Waals surface area (Å²) in [6, 6.07) is 9.02. The Bertz CT molecular complexity index is 927. The minimum atomic E-state index is -1.22. The zero-order valence-corrected chi connectivity index (χ0v) is 23.0. The van der Waals surface area contributed by atoms with E-state index in [1.807, 2.05) is 0 Å². The van der Waals surface area contributed by atoms with Crippen molar-refractivity contribution >= 4 is 11.9 Å². The molecular formula is C31H47NO6. The van der Waals surface area contributed by atoms with Crippen molar-refractivity contribution in [1.82, 2.24) is 6.15 Å². The molecule has 0 saturated heterocycles. The van der Waals surface area contributed by atoms with Gasteiger partial charge in [-0.2, -0.15) is 0 Å². The monoisotopic (exact) mass is 529 g/mol. The van der Waals surface area contributed by atoms with E-state index in [4.69, 9.17) is 0 Å². The first-order valence-corrected chi connectivity index (χ1v) is 14.0. The van der Waals surface area contributed by atoms with Gasteiger partial charge in [-0.05, 0) is 41.8 Å². The van der Waals surface area contributed by atoms with Gasteiger partial charge in [-0.3, -0.25) is 0 Å². The maximum Gasteiger partial charge on any atom is 0.339 e. The third-order valence-electron chi connectivity index (χ3n) is 7.15. The summed E-state index contributed by atoms with van der Waals surface area (Å²) in [5.74, 6) is -3.28. The van der Waals surface area contributed by atoms with Crippen molar-refractivity contribution in [3.63, 3.8) is 0 Å². The fraction of sp³-hybridized carbons (Fsp3) is 0.548. The molecule has 0 aliphatic heterocycles. The van der Waals surface area contributed by atoms with Crippen LogP contribution in [0.5, 0.6) is 11.5 Å². The lowest BCUT2D eigenvalue weighted by atomic mass is 9.85. The molecule has 7 N–H and O–H groups in total. The number of hydrogen-bond donors (Lipinski definition) is 5. The molecule has 0 saturated carbocycles. The topological polar surface area (TPSA) is 150 Å². The Morgan fingerprint density at radius 2 is 0.947 bits per heavy atom. The molecule has 0 atom stereocenters. The second kappa shape index (κ2) is 18.2. The predicted molar refractivity (Wildman–Crippen MR) is 152 cm³/mol. The first-order valence-electron chi connectivity index (χ1n) is 14.0. The molecular weight excluding hydrogens is 482 g/mol. The van der Waals surface area contributed by atoms with E-state index >= 15 is 0 Å². The molecule has 0 unspecified atom stereocenters. The largest absolute Gasteiger partial charge is 0.507 e. The number of unbranched alkanes of at least 4 members (excludes halogenated alkanes) is 13. The Morgan fingerprint density at radius 3 is 1.29 bits per heavy atom. The molecule has 0 radical (unpaired) electrons. The van der Waals surface area contributed by atoms with E-state index in [0.29, 0.717) is 17.5 Å². The quantitative estimate of drug-likeness (QED) is 0.114. The Morgan fingerprint density at radius 1 is 0.605 bits per heavy atom. The fourth-order valence-corrected chi connectivity index (χ4v) is 4.95. The first-order chi connectivity index (χ1) is 17.8. The third-order valence-corrected chi connectivity index (χ3v) is 7.15. The van der Waals surface area contributed by atoms with Gasteiger partial charge in [0.2, 0.25) is 0 Å². The van der Waals surface area contributed by atoms with Crippen molar-refractivity contribution in [1.29, 1.82) is 0 Å². The summed E-state index contributed by atoms with van der Waals surface area (Å²) in [7, 11) is 0. The lowest BCUT2D eigenvalue weighted by Crippen LogP contribution is -2.06. The van der Waals surface area contributed by atoms with Crippen LogP contribution < -0.4 is 6.15 Å². The van der Waals surface area contributed by atoms with Crippen LogP contribution in [0.25, 0.3) is 0 Å². The van der Waals surface area contributed by atoms with E-state index in [-0.39, 0.29) is 34.7 Å². The number of hydrogen-bond acceptors (Lipinski definition) is 5. The molecule has 0 aliphatic carbocycles. The van der Waals surface area contributed by atoms with E-state index < -0.39 is 11.9 Å². The normalized spacial score (nSPS) is 10.9. The summed E-state index contributed by atoms with van der Waals surface area (Å²) in [5, 5.41) is 38.7. The lowest BCUT2D eigenvalue weighted by molar-refractivity contribution is 0.0682. The molecule has 2 rings (SSSR count). The Labute approximate surface area is 227 Å². The third kappa shape index (κ3) is 11.1. The van der Waals surface area contributed by atoms with Crippen LogP contribution in [0.4, 0.5) is 0 Å². The number of carboxylic acid groups (broad SMARTS) is 2. The van der Waals surface area contributed by atoms with Gasteiger partial charge in [-0.1, -0.05) is 109 Å². The zero-order chi connectivity index (χ0) is 27.0. The van der Waals surface area contributed by atoms with Crippen molar-refractivity contribution in [2.75, 3.05) is 0 Å². The standard InChI is InChI=1S/C31H44O6.H3N/c1-2-3-4-5-6-7-8-9-10-11-12-13-14-15-16-25(23-17-19-28(32)26(21-23)30(34)35)24-18-20-29(33)27(22-24)31(36)37;/h17-22,25,32-33H,2-16H2,1H3,(H,34,35)(H,36,37);1H3. The number of aromatic hydroxyl groups is 2. The first kappa shape index (κ1) is 33.0. The highest BCUT2D eigenvalue weighted by molar-refractivity contribution is 5.91. The molecule has 7 heteroatoms. The van der Waals surface area contributed by atoms with Gasteiger partial charge in [0.15, 0.2) is 0 Å². The van der Waals surface area contributed by atoms with E-state index in [1.54, 1.807) is 12.1 Å². The minimum absolute atomic E-state index is 0. The second-order valence-corrected chi connectivity index (χ2v) is 10.1. The highest BCUT2D eigenvalue weighted by atomic mass is 16.4. The van der Waals surface area contributed by atoms with Crippen molar-refractivity contribution in [3.8, 4) is 11.5 Å². The maximum absolute atomic E-state index is 11.5. The second-order valence-electron chi connectivity index (χ2n) is 10.1.